The number of ether oxygens (including phenoxy) is 1. The van der Waals surface area contributed by atoms with Crippen LogP contribution >= 0.6 is 0 Å². The number of benzene rings is 2. The molecule has 0 spiro atoms. The van der Waals surface area contributed by atoms with Crippen molar-refractivity contribution < 1.29 is 23.1 Å². The first-order valence-corrected chi connectivity index (χ1v) is 15.5. The first kappa shape index (κ1) is 32.1. The Balaban J connectivity index is 1.32. The molecule has 2 heterocycles. The third-order valence-electron chi connectivity index (χ3n) is 8.72. The van der Waals surface area contributed by atoms with E-state index in [-0.39, 0.29) is 34.8 Å². The largest absolute Gasteiger partial charge is 0.381 e. The van der Waals surface area contributed by atoms with Gasteiger partial charge in [-0.15, -0.1) is 0 Å². The van der Waals surface area contributed by atoms with Crippen molar-refractivity contribution in [3.63, 3.8) is 0 Å². The maximum Gasteiger partial charge on any atom is 0.243 e. The molecule has 0 radical (unpaired) electrons. The van der Waals surface area contributed by atoms with E-state index in [0.29, 0.717) is 38.2 Å². The predicted octanol–water partition coefficient (Wildman–Crippen LogP) is 6.35. The Morgan fingerprint density at radius 1 is 0.976 bits per heavy atom. The monoisotopic (exact) mass is 583 g/mol. The van der Waals surface area contributed by atoms with Crippen molar-refractivity contribution in [2.24, 2.45) is 11.3 Å². The van der Waals surface area contributed by atoms with Gasteiger partial charge in [0.25, 0.3) is 0 Å². The molecule has 2 aliphatic heterocycles. The second-order valence-electron chi connectivity index (χ2n) is 12.9. The summed E-state index contributed by atoms with van der Waals surface area (Å²) < 4.78 is 34.4. The molecular weight excluding hydrogens is 536 g/mol. The van der Waals surface area contributed by atoms with Gasteiger partial charge in [-0.1, -0.05) is 51.1 Å². The Labute approximate surface area is 249 Å². The number of carbonyl (C=O) groups is 2. The number of amides is 2. The molecule has 2 saturated heterocycles. The van der Waals surface area contributed by atoms with Gasteiger partial charge in [-0.05, 0) is 87.2 Å². The number of halogens is 2. The number of carbonyl (C=O) groups excluding carboxylic acids is 2. The lowest BCUT2D eigenvalue weighted by Crippen LogP contribution is -2.50. The van der Waals surface area contributed by atoms with Gasteiger partial charge in [0.1, 0.15) is 17.7 Å². The number of nitrogens with zero attached hydrogens (tertiary/aromatic N) is 2. The van der Waals surface area contributed by atoms with E-state index in [2.05, 4.69) is 31.0 Å². The molecule has 230 valence electrons. The molecule has 0 aliphatic carbocycles. The van der Waals surface area contributed by atoms with Crippen LogP contribution in [0.4, 0.5) is 8.78 Å². The van der Waals surface area contributed by atoms with Gasteiger partial charge in [0, 0.05) is 32.2 Å². The summed E-state index contributed by atoms with van der Waals surface area (Å²) >= 11 is 0. The van der Waals surface area contributed by atoms with Crippen LogP contribution in [-0.4, -0.2) is 67.0 Å². The average Bonchev–Trinajstić information content (AvgIpc) is 3.64. The van der Waals surface area contributed by atoms with E-state index in [1.165, 1.54) is 44.1 Å². The van der Waals surface area contributed by atoms with Crippen molar-refractivity contribution in [2.75, 3.05) is 39.4 Å². The van der Waals surface area contributed by atoms with E-state index in [1.807, 2.05) is 6.92 Å². The molecule has 3 atom stereocenters. The fourth-order valence-corrected chi connectivity index (χ4v) is 6.23. The molecule has 2 aromatic rings. The van der Waals surface area contributed by atoms with Crippen molar-refractivity contribution in [3.8, 4) is 11.1 Å². The lowest BCUT2D eigenvalue weighted by atomic mass is 9.78. The van der Waals surface area contributed by atoms with E-state index in [9.17, 15) is 18.4 Å². The molecule has 4 rings (SSSR count). The van der Waals surface area contributed by atoms with Crippen molar-refractivity contribution >= 4 is 11.8 Å². The SMILES string of the molecule is CC(NC(=O)C1CCCN1C(=O)[C@@H](CCOCCCN1CCCC1)C(C)(C)C)c1ccc(-c2c(F)cccc2F)cc1. The molecule has 0 saturated carbocycles. The lowest BCUT2D eigenvalue weighted by Gasteiger charge is -2.35. The van der Waals surface area contributed by atoms with E-state index in [4.69, 9.17) is 4.74 Å². The Bertz CT molecular complexity index is 1170. The number of likely N-dealkylation sites (tertiary alicyclic amines) is 2. The van der Waals surface area contributed by atoms with Crippen molar-refractivity contribution in [2.45, 2.75) is 78.3 Å². The fraction of sp³-hybridized carbons (Fsp3) is 0.588. The van der Waals surface area contributed by atoms with Crippen molar-refractivity contribution in [1.29, 1.82) is 0 Å². The minimum atomic E-state index is -0.618. The minimum Gasteiger partial charge on any atom is -0.381 e. The van der Waals surface area contributed by atoms with Crippen LogP contribution in [0.3, 0.4) is 0 Å². The zero-order valence-corrected chi connectivity index (χ0v) is 25.6. The summed E-state index contributed by atoms with van der Waals surface area (Å²) in [6.07, 6.45) is 5.62. The minimum absolute atomic E-state index is 0.0183. The summed E-state index contributed by atoms with van der Waals surface area (Å²) in [5, 5.41) is 3.06. The van der Waals surface area contributed by atoms with Crippen molar-refractivity contribution in [3.05, 3.63) is 59.7 Å². The number of hydrogen-bond acceptors (Lipinski definition) is 4. The molecule has 2 aromatic carbocycles. The van der Waals surface area contributed by atoms with Crippen LogP contribution in [0.25, 0.3) is 11.1 Å². The van der Waals surface area contributed by atoms with Crippen LogP contribution < -0.4 is 5.32 Å². The lowest BCUT2D eigenvalue weighted by molar-refractivity contribution is -0.145. The quantitative estimate of drug-likeness (QED) is 0.296. The maximum atomic E-state index is 14.2. The molecule has 8 heteroatoms. The molecule has 2 unspecified atom stereocenters. The third-order valence-corrected chi connectivity index (χ3v) is 8.72. The van der Waals surface area contributed by atoms with Gasteiger partial charge in [-0.25, -0.2) is 8.78 Å². The Hall–Kier alpha value is -2.84. The standard InChI is InChI=1S/C34H47F2N3O3/c1-24(25-13-15-26(16-14-25)31-28(35)10-7-11-29(31)36)37-32(40)30-12-8-21-39(30)33(41)27(34(2,3)4)17-23-42-22-9-20-38-18-5-6-19-38/h7,10-11,13-16,24,27,30H,5-6,8-9,12,17-23H2,1-4H3,(H,37,40)/t24?,27-,30?/m1/s1. The van der Waals surface area contributed by atoms with Crippen LogP contribution in [0.1, 0.15) is 77.8 Å². The molecule has 2 amide bonds. The Morgan fingerprint density at radius 2 is 1.64 bits per heavy atom. The van der Waals surface area contributed by atoms with Gasteiger partial charge >= 0.3 is 0 Å². The summed E-state index contributed by atoms with van der Waals surface area (Å²) in [7, 11) is 0. The van der Waals surface area contributed by atoms with E-state index >= 15 is 0 Å². The first-order valence-electron chi connectivity index (χ1n) is 15.5. The second-order valence-corrected chi connectivity index (χ2v) is 12.9. The summed E-state index contributed by atoms with van der Waals surface area (Å²) in [5.41, 5.74) is 0.923. The average molecular weight is 584 g/mol. The zero-order valence-electron chi connectivity index (χ0n) is 25.6. The molecule has 0 bridgehead atoms. The molecule has 0 aromatic heterocycles. The normalized spacial score (nSPS) is 19.2. The van der Waals surface area contributed by atoms with Crippen molar-refractivity contribution in [1.82, 2.24) is 15.1 Å². The molecule has 2 aliphatic rings. The maximum absolute atomic E-state index is 14.2. The molecular formula is C34H47F2N3O3. The van der Waals surface area contributed by atoms with Crippen LogP contribution in [-0.2, 0) is 14.3 Å². The van der Waals surface area contributed by atoms with Crippen LogP contribution in [0.5, 0.6) is 0 Å². The van der Waals surface area contributed by atoms with E-state index < -0.39 is 17.7 Å². The van der Waals surface area contributed by atoms with Crippen LogP contribution in [0, 0.1) is 23.0 Å². The smallest absolute Gasteiger partial charge is 0.243 e. The summed E-state index contributed by atoms with van der Waals surface area (Å²) in [6, 6.07) is 9.82. The molecule has 2 fully saturated rings. The number of nitrogens with one attached hydrogen (secondary N) is 1. The third kappa shape index (κ3) is 8.16. The highest BCUT2D eigenvalue weighted by Crippen LogP contribution is 2.33. The predicted molar refractivity (Wildman–Crippen MR) is 162 cm³/mol. The summed E-state index contributed by atoms with van der Waals surface area (Å²) in [6.45, 7) is 13.3. The van der Waals surface area contributed by atoms with Gasteiger partial charge in [-0.2, -0.15) is 0 Å². The van der Waals surface area contributed by atoms with Gasteiger partial charge in [0.2, 0.25) is 11.8 Å². The van der Waals surface area contributed by atoms with Gasteiger partial charge in [0.15, 0.2) is 0 Å². The number of hydrogen-bond donors (Lipinski definition) is 1. The Kier molecular flexibility index (Phi) is 11.1. The molecule has 1 N–H and O–H groups in total. The van der Waals surface area contributed by atoms with E-state index in [1.54, 1.807) is 29.2 Å². The van der Waals surface area contributed by atoms with Gasteiger partial charge in [0.05, 0.1) is 11.6 Å². The van der Waals surface area contributed by atoms with Gasteiger partial charge in [-0.3, -0.25) is 9.59 Å². The first-order chi connectivity index (χ1) is 20.1. The van der Waals surface area contributed by atoms with Gasteiger partial charge < -0.3 is 19.9 Å². The Morgan fingerprint density at radius 3 is 2.29 bits per heavy atom. The van der Waals surface area contributed by atoms with Crippen LogP contribution in [0.15, 0.2) is 42.5 Å². The molecule has 6 nitrogen and oxygen atoms in total. The summed E-state index contributed by atoms with van der Waals surface area (Å²) in [5.74, 6) is -1.64. The fourth-order valence-electron chi connectivity index (χ4n) is 6.23. The van der Waals surface area contributed by atoms with Crippen LogP contribution in [0.2, 0.25) is 0 Å². The highest BCUT2D eigenvalue weighted by atomic mass is 19.1. The highest BCUT2D eigenvalue weighted by Gasteiger charge is 2.41. The second kappa shape index (κ2) is 14.6. The topological polar surface area (TPSA) is 61.9 Å². The van der Waals surface area contributed by atoms with E-state index in [0.717, 1.165) is 24.9 Å². The zero-order chi connectivity index (χ0) is 30.3. The number of rotatable bonds is 12. The highest BCUT2D eigenvalue weighted by molar-refractivity contribution is 5.89. The summed E-state index contributed by atoms with van der Waals surface area (Å²) in [4.78, 5) is 31.4. The molecule has 42 heavy (non-hydrogen) atoms.